The van der Waals surface area contributed by atoms with Gasteiger partial charge >= 0.3 is 0 Å². The number of hydrogen-bond donors (Lipinski definition) is 1. The molecule has 0 amide bonds. The van der Waals surface area contributed by atoms with Crippen LogP contribution in [0.25, 0.3) is 5.65 Å². The lowest BCUT2D eigenvalue weighted by Gasteiger charge is -2.14. The van der Waals surface area contributed by atoms with Crippen molar-refractivity contribution < 1.29 is 9.64 Å². The maximum atomic E-state index is 12.3. The standard InChI is InChI=1S/C19H20BrN3O2/c1-14-4-3-5-18-21-16(12-19(24)23(14)18)13-22(2)10-11-25-17-8-6-15(20)7-9-17/h3-9,12H,10-11,13H2,1-2H3/p+1. The van der Waals surface area contributed by atoms with Crippen LogP contribution in [0.2, 0.25) is 0 Å². The first kappa shape index (κ1) is 17.6. The van der Waals surface area contributed by atoms with E-state index in [9.17, 15) is 4.79 Å². The molecule has 0 aliphatic heterocycles. The number of halogens is 1. The zero-order valence-corrected chi connectivity index (χ0v) is 15.9. The monoisotopic (exact) mass is 402 g/mol. The number of fused-ring (bicyclic) bond motifs is 1. The van der Waals surface area contributed by atoms with Gasteiger partial charge in [0, 0.05) is 16.2 Å². The van der Waals surface area contributed by atoms with Crippen molar-refractivity contribution in [3.8, 4) is 5.75 Å². The highest BCUT2D eigenvalue weighted by Crippen LogP contribution is 2.15. The maximum Gasteiger partial charge on any atom is 0.258 e. The molecule has 0 spiro atoms. The molecule has 0 fully saturated rings. The molecule has 2 heterocycles. The largest absolute Gasteiger partial charge is 0.488 e. The van der Waals surface area contributed by atoms with Gasteiger partial charge in [0.05, 0.1) is 7.05 Å². The summed E-state index contributed by atoms with van der Waals surface area (Å²) < 4.78 is 8.42. The van der Waals surface area contributed by atoms with Crippen LogP contribution in [0, 0.1) is 6.92 Å². The summed E-state index contributed by atoms with van der Waals surface area (Å²) in [6.07, 6.45) is 0. The highest BCUT2D eigenvalue weighted by atomic mass is 79.9. The first-order valence-electron chi connectivity index (χ1n) is 8.21. The maximum absolute atomic E-state index is 12.3. The number of pyridine rings is 1. The van der Waals surface area contributed by atoms with Gasteiger partial charge in [-0.25, -0.2) is 4.98 Å². The molecular weight excluding hydrogens is 382 g/mol. The second kappa shape index (κ2) is 7.80. The Hall–Kier alpha value is -2.18. The highest BCUT2D eigenvalue weighted by molar-refractivity contribution is 9.10. The number of quaternary nitrogens is 1. The van der Waals surface area contributed by atoms with Gasteiger partial charge in [-0.3, -0.25) is 9.20 Å². The van der Waals surface area contributed by atoms with E-state index in [0.29, 0.717) is 18.8 Å². The molecular formula is C19H21BrN3O2+. The lowest BCUT2D eigenvalue weighted by Crippen LogP contribution is -3.08. The number of likely N-dealkylation sites (N-methyl/N-ethyl adjacent to an activating group) is 1. The lowest BCUT2D eigenvalue weighted by atomic mass is 10.3. The van der Waals surface area contributed by atoms with Crippen LogP contribution in [0.3, 0.4) is 0 Å². The van der Waals surface area contributed by atoms with Gasteiger partial charge in [-0.2, -0.15) is 0 Å². The Morgan fingerprint density at radius 3 is 2.72 bits per heavy atom. The van der Waals surface area contributed by atoms with E-state index in [4.69, 9.17) is 4.74 Å². The number of aromatic nitrogens is 2. The minimum atomic E-state index is -0.0305. The molecule has 1 atom stereocenters. The van der Waals surface area contributed by atoms with E-state index in [2.05, 4.69) is 28.0 Å². The van der Waals surface area contributed by atoms with E-state index in [-0.39, 0.29) is 5.56 Å². The van der Waals surface area contributed by atoms with Crippen LogP contribution in [0.4, 0.5) is 0 Å². The number of rotatable bonds is 6. The van der Waals surface area contributed by atoms with Gasteiger partial charge in [-0.15, -0.1) is 0 Å². The topological polar surface area (TPSA) is 48.0 Å². The molecule has 0 aliphatic carbocycles. The van der Waals surface area contributed by atoms with Crippen LogP contribution in [-0.4, -0.2) is 29.6 Å². The molecule has 2 aromatic heterocycles. The number of hydrogen-bond acceptors (Lipinski definition) is 3. The fourth-order valence-electron chi connectivity index (χ4n) is 2.73. The molecule has 130 valence electrons. The molecule has 3 aromatic rings. The lowest BCUT2D eigenvalue weighted by molar-refractivity contribution is -0.894. The molecule has 1 N–H and O–H groups in total. The van der Waals surface area contributed by atoms with Crippen molar-refractivity contribution >= 4 is 21.6 Å². The third-order valence-electron chi connectivity index (χ3n) is 4.03. The third-order valence-corrected chi connectivity index (χ3v) is 4.56. The van der Waals surface area contributed by atoms with Crippen molar-refractivity contribution in [1.29, 1.82) is 0 Å². The molecule has 1 unspecified atom stereocenters. The molecule has 0 bridgehead atoms. The first-order valence-corrected chi connectivity index (χ1v) is 9.00. The summed E-state index contributed by atoms with van der Waals surface area (Å²) >= 11 is 3.41. The predicted molar refractivity (Wildman–Crippen MR) is 101 cm³/mol. The zero-order valence-electron chi connectivity index (χ0n) is 14.3. The average Bonchev–Trinajstić information content (AvgIpc) is 2.56. The van der Waals surface area contributed by atoms with Crippen molar-refractivity contribution in [2.24, 2.45) is 0 Å². The molecule has 0 aliphatic rings. The highest BCUT2D eigenvalue weighted by Gasteiger charge is 2.09. The van der Waals surface area contributed by atoms with Gasteiger partial charge in [0.25, 0.3) is 5.56 Å². The molecule has 1 aromatic carbocycles. The van der Waals surface area contributed by atoms with E-state index in [0.717, 1.165) is 28.2 Å². The Labute approximate surface area is 155 Å². The van der Waals surface area contributed by atoms with Crippen molar-refractivity contribution in [3.63, 3.8) is 0 Å². The molecule has 0 radical (unpaired) electrons. The van der Waals surface area contributed by atoms with Gasteiger partial charge < -0.3 is 9.64 Å². The summed E-state index contributed by atoms with van der Waals surface area (Å²) in [6.45, 7) is 4.03. The van der Waals surface area contributed by atoms with Gasteiger partial charge in [0.15, 0.2) is 0 Å². The van der Waals surface area contributed by atoms with Gasteiger partial charge in [0.1, 0.15) is 36.8 Å². The van der Waals surface area contributed by atoms with E-state index in [1.54, 1.807) is 10.5 Å². The zero-order chi connectivity index (χ0) is 17.8. The van der Waals surface area contributed by atoms with Crippen LogP contribution >= 0.6 is 15.9 Å². The Balaban J connectivity index is 1.61. The van der Waals surface area contributed by atoms with Crippen LogP contribution in [0.5, 0.6) is 5.75 Å². The molecule has 5 nitrogen and oxygen atoms in total. The summed E-state index contributed by atoms with van der Waals surface area (Å²) in [4.78, 5) is 18.2. The minimum Gasteiger partial charge on any atom is -0.488 e. The Morgan fingerprint density at radius 1 is 1.20 bits per heavy atom. The van der Waals surface area contributed by atoms with E-state index in [1.165, 1.54) is 4.90 Å². The second-order valence-electron chi connectivity index (χ2n) is 6.13. The Kier molecular flexibility index (Phi) is 5.50. The molecule has 6 heteroatoms. The summed E-state index contributed by atoms with van der Waals surface area (Å²) in [5.74, 6) is 0.855. The number of nitrogens with one attached hydrogen (secondary N) is 1. The van der Waals surface area contributed by atoms with E-state index >= 15 is 0 Å². The van der Waals surface area contributed by atoms with E-state index in [1.807, 2.05) is 49.4 Å². The molecule has 3 rings (SSSR count). The number of benzene rings is 1. The second-order valence-corrected chi connectivity index (χ2v) is 7.05. The first-order chi connectivity index (χ1) is 12.0. The third kappa shape index (κ3) is 4.46. The van der Waals surface area contributed by atoms with Crippen molar-refractivity contribution in [2.45, 2.75) is 13.5 Å². The fourth-order valence-corrected chi connectivity index (χ4v) is 2.99. The van der Waals surface area contributed by atoms with Gasteiger partial charge in [-0.05, 0) is 43.3 Å². The van der Waals surface area contributed by atoms with Crippen molar-refractivity contribution in [1.82, 2.24) is 9.38 Å². The smallest absolute Gasteiger partial charge is 0.258 e. The Morgan fingerprint density at radius 2 is 1.96 bits per heavy atom. The Bertz CT molecular complexity index is 922. The van der Waals surface area contributed by atoms with Gasteiger partial charge in [0.2, 0.25) is 0 Å². The quantitative estimate of drug-likeness (QED) is 0.684. The number of aryl methyl sites for hydroxylation is 1. The molecule has 25 heavy (non-hydrogen) atoms. The summed E-state index contributed by atoms with van der Waals surface area (Å²) in [6, 6.07) is 15.1. The number of nitrogens with zero attached hydrogens (tertiary/aromatic N) is 2. The van der Waals surface area contributed by atoms with Crippen molar-refractivity contribution in [2.75, 3.05) is 20.2 Å². The minimum absolute atomic E-state index is 0.0305. The SMILES string of the molecule is Cc1cccc2nc(C[NH+](C)CCOc3ccc(Br)cc3)cc(=O)n12. The summed E-state index contributed by atoms with van der Waals surface area (Å²) in [5.41, 5.74) is 2.36. The fraction of sp³-hybridized carbons (Fsp3) is 0.263. The van der Waals surface area contributed by atoms with E-state index < -0.39 is 0 Å². The van der Waals surface area contributed by atoms with Crippen LogP contribution in [0.1, 0.15) is 11.4 Å². The van der Waals surface area contributed by atoms with Crippen LogP contribution < -0.4 is 15.2 Å². The molecule has 0 saturated carbocycles. The number of ether oxygens (including phenoxy) is 1. The summed E-state index contributed by atoms with van der Waals surface area (Å²) in [7, 11) is 2.07. The summed E-state index contributed by atoms with van der Waals surface area (Å²) in [5, 5.41) is 0. The normalized spacial score (nSPS) is 12.3. The van der Waals surface area contributed by atoms with Crippen LogP contribution in [0.15, 0.2) is 57.8 Å². The van der Waals surface area contributed by atoms with Crippen molar-refractivity contribution in [3.05, 3.63) is 74.7 Å². The average molecular weight is 403 g/mol. The van der Waals surface area contributed by atoms with Gasteiger partial charge in [-0.1, -0.05) is 22.0 Å². The molecule has 0 saturated heterocycles. The predicted octanol–water partition coefficient (Wildman–Crippen LogP) is 1.86. The van der Waals surface area contributed by atoms with Crippen LogP contribution in [-0.2, 0) is 6.54 Å².